The number of amides is 1. The summed E-state index contributed by atoms with van der Waals surface area (Å²) in [4.78, 5) is 31.1. The number of rotatable bonds is 2. The number of hydrogen-bond acceptors (Lipinski definition) is 4. The molecule has 26 heavy (non-hydrogen) atoms. The number of nitrogens with zero attached hydrogens (tertiary/aromatic N) is 3. The van der Waals surface area contributed by atoms with Gasteiger partial charge in [-0.15, -0.1) is 5.10 Å². The average molecular weight is 355 g/mol. The summed E-state index contributed by atoms with van der Waals surface area (Å²) in [5.41, 5.74) is 1.25. The van der Waals surface area contributed by atoms with E-state index in [-0.39, 0.29) is 17.2 Å². The number of carbonyl (C=O) groups excluding carboxylic acids is 1. The molecule has 0 aliphatic rings. The molecule has 0 saturated carbocycles. The van der Waals surface area contributed by atoms with Crippen LogP contribution in [-0.4, -0.2) is 25.5 Å². The maximum absolute atomic E-state index is 13.7. The first-order chi connectivity index (χ1) is 12.4. The van der Waals surface area contributed by atoms with Gasteiger partial charge in [-0.2, -0.15) is 4.98 Å². The monoisotopic (exact) mass is 355 g/mol. The van der Waals surface area contributed by atoms with E-state index in [4.69, 9.17) is 0 Å². The van der Waals surface area contributed by atoms with Crippen molar-refractivity contribution in [1.29, 1.82) is 0 Å². The summed E-state index contributed by atoms with van der Waals surface area (Å²) in [7, 11) is 0. The van der Waals surface area contributed by atoms with Crippen molar-refractivity contribution in [2.75, 3.05) is 5.32 Å². The number of carbonyl (C=O) groups is 1. The Bertz CT molecular complexity index is 1250. The Balaban J connectivity index is 1.79. The van der Waals surface area contributed by atoms with Crippen molar-refractivity contribution in [2.45, 2.75) is 6.92 Å². The van der Waals surface area contributed by atoms with E-state index < -0.39 is 23.1 Å². The molecule has 0 atom stereocenters. The number of halogens is 2. The average Bonchev–Trinajstić information content (AvgIpc) is 3.03. The zero-order valence-electron chi connectivity index (χ0n) is 13.4. The molecule has 2 N–H and O–H groups in total. The van der Waals surface area contributed by atoms with Crippen molar-refractivity contribution in [3.8, 4) is 0 Å². The molecule has 0 unspecified atom stereocenters. The Kier molecular flexibility index (Phi) is 3.50. The third-order valence-corrected chi connectivity index (χ3v) is 3.82. The van der Waals surface area contributed by atoms with Crippen LogP contribution in [0, 0.1) is 18.6 Å². The van der Waals surface area contributed by atoms with E-state index in [9.17, 15) is 18.4 Å². The van der Waals surface area contributed by atoms with E-state index in [0.717, 1.165) is 17.7 Å². The molecule has 2 aromatic heterocycles. The van der Waals surface area contributed by atoms with Gasteiger partial charge in [-0.1, -0.05) is 6.07 Å². The van der Waals surface area contributed by atoms with E-state index in [2.05, 4.69) is 20.4 Å². The fourth-order valence-corrected chi connectivity index (χ4v) is 2.61. The van der Waals surface area contributed by atoms with Crippen LogP contribution >= 0.6 is 0 Å². The van der Waals surface area contributed by atoms with Crippen LogP contribution in [0.3, 0.4) is 0 Å². The molecule has 0 saturated heterocycles. The first-order valence-electron chi connectivity index (χ1n) is 7.58. The summed E-state index contributed by atoms with van der Waals surface area (Å²) < 4.78 is 27.9. The molecule has 4 rings (SSSR count). The van der Waals surface area contributed by atoms with Gasteiger partial charge < -0.3 is 10.3 Å². The van der Waals surface area contributed by atoms with E-state index in [1.165, 1.54) is 4.52 Å². The van der Waals surface area contributed by atoms with Crippen molar-refractivity contribution in [1.82, 2.24) is 19.6 Å². The molecule has 4 aromatic rings. The van der Waals surface area contributed by atoms with Gasteiger partial charge in [-0.05, 0) is 36.8 Å². The van der Waals surface area contributed by atoms with Crippen LogP contribution in [-0.2, 0) is 0 Å². The number of hydrogen-bond donors (Lipinski definition) is 2. The Morgan fingerprint density at radius 3 is 2.77 bits per heavy atom. The lowest BCUT2D eigenvalue weighted by molar-refractivity contribution is 0.101. The Hall–Kier alpha value is -3.62. The Morgan fingerprint density at radius 1 is 1.19 bits per heavy atom. The highest BCUT2D eigenvalue weighted by atomic mass is 19.1. The topological polar surface area (TPSA) is 92.1 Å². The van der Waals surface area contributed by atoms with Crippen molar-refractivity contribution < 1.29 is 13.6 Å². The van der Waals surface area contributed by atoms with E-state index in [0.29, 0.717) is 17.1 Å². The van der Waals surface area contributed by atoms with Gasteiger partial charge in [-0.25, -0.2) is 13.3 Å². The van der Waals surface area contributed by atoms with E-state index in [1.807, 2.05) is 13.0 Å². The van der Waals surface area contributed by atoms with Crippen LogP contribution in [0.15, 0.2) is 41.2 Å². The predicted molar refractivity (Wildman–Crippen MR) is 90.2 cm³/mol. The van der Waals surface area contributed by atoms with Crippen LogP contribution in [0.4, 0.5) is 14.5 Å². The molecule has 0 spiro atoms. The third kappa shape index (κ3) is 2.59. The minimum absolute atomic E-state index is 0.0638. The molecule has 1 amide bonds. The molecule has 9 heteroatoms. The number of aromatic amines is 1. The first-order valence-corrected chi connectivity index (χ1v) is 7.58. The highest BCUT2D eigenvalue weighted by Crippen LogP contribution is 2.16. The molecule has 0 radical (unpaired) electrons. The minimum Gasteiger partial charge on any atom is -0.317 e. The number of fused-ring (bicyclic) bond motifs is 3. The molecule has 0 aliphatic heterocycles. The third-order valence-electron chi connectivity index (χ3n) is 3.82. The molecular formula is C17H11F2N5O2. The fourth-order valence-electron chi connectivity index (χ4n) is 2.61. The minimum atomic E-state index is -0.930. The SMILES string of the molecule is Cc1ccc2c(c1)[nH]c(=O)c1nc(C(=O)Nc3ccc(F)cc3F)nn12. The van der Waals surface area contributed by atoms with Crippen LogP contribution in [0.2, 0.25) is 0 Å². The standard InChI is InChI=1S/C17H11F2N5O2/c1-8-2-5-13-12(6-8)21-17(26)15-22-14(23-24(13)15)16(25)20-11-4-3-9(18)7-10(11)19/h2-7H,1H3,(H,20,25)(H,21,26). The number of aromatic nitrogens is 4. The van der Waals surface area contributed by atoms with Crippen molar-refractivity contribution in [3.05, 3.63) is 69.8 Å². The second-order valence-corrected chi connectivity index (χ2v) is 5.72. The number of anilines is 1. The molecule has 2 heterocycles. The van der Waals surface area contributed by atoms with Crippen LogP contribution in [0.5, 0.6) is 0 Å². The second kappa shape index (κ2) is 5.73. The maximum Gasteiger partial charge on any atom is 0.295 e. The number of benzene rings is 2. The lowest BCUT2D eigenvalue weighted by atomic mass is 10.2. The summed E-state index contributed by atoms with van der Waals surface area (Å²) in [6.45, 7) is 1.87. The van der Waals surface area contributed by atoms with Crippen molar-refractivity contribution >= 4 is 28.3 Å². The second-order valence-electron chi connectivity index (χ2n) is 5.72. The zero-order chi connectivity index (χ0) is 18.4. The first kappa shape index (κ1) is 15.9. The highest BCUT2D eigenvalue weighted by Gasteiger charge is 2.18. The normalized spacial score (nSPS) is 11.2. The smallest absolute Gasteiger partial charge is 0.295 e. The van der Waals surface area contributed by atoms with E-state index in [1.54, 1.807) is 12.1 Å². The zero-order valence-corrected chi connectivity index (χ0v) is 13.4. The molecule has 0 aliphatic carbocycles. The quantitative estimate of drug-likeness (QED) is 0.578. The van der Waals surface area contributed by atoms with Gasteiger partial charge in [0, 0.05) is 6.07 Å². The summed E-state index contributed by atoms with van der Waals surface area (Å²) >= 11 is 0. The molecule has 7 nitrogen and oxygen atoms in total. The molecule has 0 fully saturated rings. The van der Waals surface area contributed by atoms with Gasteiger partial charge in [0.25, 0.3) is 11.5 Å². The van der Waals surface area contributed by atoms with Crippen LogP contribution < -0.4 is 10.9 Å². The number of nitrogens with one attached hydrogen (secondary N) is 2. The number of H-pyrrole nitrogens is 1. The fraction of sp³-hybridized carbons (Fsp3) is 0.0588. The molecular weight excluding hydrogens is 344 g/mol. The maximum atomic E-state index is 13.7. The van der Waals surface area contributed by atoms with Gasteiger partial charge in [0.2, 0.25) is 11.5 Å². The van der Waals surface area contributed by atoms with Crippen LogP contribution in [0.1, 0.15) is 16.2 Å². The molecule has 130 valence electrons. The Labute approximate surface area is 144 Å². The Morgan fingerprint density at radius 2 is 2.00 bits per heavy atom. The molecule has 2 aromatic carbocycles. The lowest BCUT2D eigenvalue weighted by Gasteiger charge is -2.03. The van der Waals surface area contributed by atoms with Gasteiger partial charge >= 0.3 is 0 Å². The van der Waals surface area contributed by atoms with E-state index >= 15 is 0 Å². The van der Waals surface area contributed by atoms with Crippen LogP contribution in [0.25, 0.3) is 16.7 Å². The van der Waals surface area contributed by atoms with Crippen molar-refractivity contribution in [2.24, 2.45) is 0 Å². The summed E-state index contributed by atoms with van der Waals surface area (Å²) in [5, 5.41) is 6.31. The summed E-state index contributed by atoms with van der Waals surface area (Å²) in [6, 6.07) is 8.08. The van der Waals surface area contributed by atoms with Crippen molar-refractivity contribution in [3.63, 3.8) is 0 Å². The summed E-state index contributed by atoms with van der Waals surface area (Å²) in [6.07, 6.45) is 0. The number of aryl methyl sites for hydroxylation is 1. The van der Waals surface area contributed by atoms with Gasteiger partial charge in [0.1, 0.15) is 11.6 Å². The predicted octanol–water partition coefficient (Wildman–Crippen LogP) is 2.41. The summed E-state index contributed by atoms with van der Waals surface area (Å²) in [5.74, 6) is -2.83. The largest absolute Gasteiger partial charge is 0.317 e. The van der Waals surface area contributed by atoms with Gasteiger partial charge in [0.15, 0.2) is 0 Å². The van der Waals surface area contributed by atoms with Gasteiger partial charge in [-0.3, -0.25) is 9.59 Å². The lowest BCUT2D eigenvalue weighted by Crippen LogP contribution is -2.15. The van der Waals surface area contributed by atoms with Gasteiger partial charge in [0.05, 0.1) is 16.7 Å². The molecule has 0 bridgehead atoms. The highest BCUT2D eigenvalue weighted by molar-refractivity contribution is 6.02.